The van der Waals surface area contributed by atoms with E-state index in [-0.39, 0.29) is 35.9 Å². The van der Waals surface area contributed by atoms with Gasteiger partial charge in [0.15, 0.2) is 0 Å². The SMILES string of the molecule is CNc1cc(C(=O)N2CCc3c(c(=O)oc4c(C)c(N5CCN(C)[C@@H](COC)C5)cc(C)c34)C2)c(F)cc1C(=O)NS(=O)(=O)N1CCCC1. The number of fused-ring (bicyclic) bond motifs is 3. The normalized spacial score (nSPS) is 18.9. The summed E-state index contributed by atoms with van der Waals surface area (Å²) in [4.78, 5) is 46.1. The van der Waals surface area contributed by atoms with Crippen LogP contribution in [0.25, 0.3) is 11.0 Å². The van der Waals surface area contributed by atoms with E-state index in [4.69, 9.17) is 9.15 Å². The van der Waals surface area contributed by atoms with Crippen molar-refractivity contribution in [3.05, 3.63) is 67.8 Å². The molecule has 2 amide bonds. The molecule has 1 aromatic heterocycles. The van der Waals surface area contributed by atoms with Crippen LogP contribution in [0.1, 0.15) is 55.8 Å². The van der Waals surface area contributed by atoms with Crippen molar-refractivity contribution in [1.29, 1.82) is 0 Å². The Hall–Kier alpha value is -4.05. The second kappa shape index (κ2) is 13.7. The molecule has 4 heterocycles. The lowest BCUT2D eigenvalue weighted by Crippen LogP contribution is -2.53. The molecular weight excluding hydrogens is 655 g/mol. The molecule has 2 N–H and O–H groups in total. The zero-order valence-corrected chi connectivity index (χ0v) is 29.3. The molecule has 15 heteroatoms. The lowest BCUT2D eigenvalue weighted by molar-refractivity contribution is 0.0727. The van der Waals surface area contributed by atoms with E-state index in [9.17, 15) is 22.8 Å². The third kappa shape index (κ3) is 6.52. The molecule has 0 aliphatic carbocycles. The van der Waals surface area contributed by atoms with Crippen LogP contribution in [0.3, 0.4) is 0 Å². The molecule has 13 nitrogen and oxygen atoms in total. The van der Waals surface area contributed by atoms with E-state index in [1.807, 2.05) is 18.6 Å². The Morgan fingerprint density at radius 1 is 1.04 bits per heavy atom. The number of likely N-dealkylation sites (N-methyl/N-ethyl adjacent to an activating group) is 1. The molecule has 0 bridgehead atoms. The van der Waals surface area contributed by atoms with Gasteiger partial charge in [-0.2, -0.15) is 12.7 Å². The van der Waals surface area contributed by atoms with Crippen LogP contribution < -0.4 is 20.6 Å². The van der Waals surface area contributed by atoms with Crippen molar-refractivity contribution in [2.45, 2.75) is 45.7 Å². The van der Waals surface area contributed by atoms with Gasteiger partial charge < -0.3 is 24.3 Å². The second-order valence-electron chi connectivity index (χ2n) is 13.1. The summed E-state index contributed by atoms with van der Waals surface area (Å²) < 4.78 is 55.4. The quantitative estimate of drug-likeness (QED) is 0.337. The number of rotatable bonds is 8. The summed E-state index contributed by atoms with van der Waals surface area (Å²) in [5, 5.41) is 3.62. The fourth-order valence-corrected chi connectivity index (χ4v) is 8.47. The van der Waals surface area contributed by atoms with Crippen LogP contribution in [0.2, 0.25) is 0 Å². The molecule has 0 radical (unpaired) electrons. The number of nitrogens with zero attached hydrogens (tertiary/aromatic N) is 4. The van der Waals surface area contributed by atoms with Crippen LogP contribution in [-0.4, -0.2) is 107 Å². The molecule has 2 fully saturated rings. The maximum Gasteiger partial charge on any atom is 0.341 e. The number of aryl methyl sites for hydroxylation is 2. The van der Waals surface area contributed by atoms with E-state index in [1.54, 1.807) is 7.11 Å². The second-order valence-corrected chi connectivity index (χ2v) is 14.7. The summed E-state index contributed by atoms with van der Waals surface area (Å²) in [5.41, 5.74) is 3.51. The predicted octanol–water partition coefficient (Wildman–Crippen LogP) is 2.63. The van der Waals surface area contributed by atoms with Crippen molar-refractivity contribution in [2.24, 2.45) is 0 Å². The molecule has 49 heavy (non-hydrogen) atoms. The smallest absolute Gasteiger partial charge is 0.341 e. The molecular formula is C34H43FN6O7S. The number of hydrogen-bond donors (Lipinski definition) is 2. The first kappa shape index (κ1) is 34.8. The minimum atomic E-state index is -4.10. The molecule has 3 aliphatic heterocycles. The Labute approximate surface area is 285 Å². The van der Waals surface area contributed by atoms with Gasteiger partial charge >= 0.3 is 15.8 Å². The summed E-state index contributed by atoms with van der Waals surface area (Å²) in [5.74, 6) is -2.67. The molecule has 3 aromatic rings. The minimum absolute atomic E-state index is 0.0749. The molecule has 1 atom stereocenters. The van der Waals surface area contributed by atoms with Crippen LogP contribution in [-0.2, 0) is 27.9 Å². The number of nitrogens with one attached hydrogen (secondary N) is 2. The average molecular weight is 699 g/mol. The fourth-order valence-electron chi connectivity index (χ4n) is 7.26. The monoisotopic (exact) mass is 698 g/mol. The first-order chi connectivity index (χ1) is 23.3. The van der Waals surface area contributed by atoms with Gasteiger partial charge in [-0.1, -0.05) is 0 Å². The first-order valence-corrected chi connectivity index (χ1v) is 17.9. The molecule has 0 spiro atoms. The zero-order valence-electron chi connectivity index (χ0n) is 28.5. The highest BCUT2D eigenvalue weighted by atomic mass is 32.2. The number of halogens is 1. The Morgan fingerprint density at radius 2 is 1.78 bits per heavy atom. The van der Waals surface area contributed by atoms with Gasteiger partial charge in [-0.15, -0.1) is 0 Å². The van der Waals surface area contributed by atoms with Gasteiger partial charge in [0.1, 0.15) is 11.4 Å². The Balaban J connectivity index is 1.26. The van der Waals surface area contributed by atoms with E-state index in [2.05, 4.69) is 28.2 Å². The maximum absolute atomic E-state index is 15.5. The highest BCUT2D eigenvalue weighted by Gasteiger charge is 2.33. The Kier molecular flexibility index (Phi) is 9.72. The number of carbonyl (C=O) groups is 2. The van der Waals surface area contributed by atoms with Gasteiger partial charge in [0.2, 0.25) is 0 Å². The Bertz CT molecular complexity index is 1980. The predicted molar refractivity (Wildman–Crippen MR) is 184 cm³/mol. The van der Waals surface area contributed by atoms with Gasteiger partial charge in [-0.05, 0) is 69.5 Å². The zero-order chi connectivity index (χ0) is 35.2. The number of amides is 2. The van der Waals surface area contributed by atoms with Gasteiger partial charge in [-0.25, -0.2) is 13.9 Å². The lowest BCUT2D eigenvalue weighted by atomic mass is 9.92. The minimum Gasteiger partial charge on any atom is -0.422 e. The molecule has 0 saturated carbocycles. The third-order valence-electron chi connectivity index (χ3n) is 10.0. The van der Waals surface area contributed by atoms with Crippen molar-refractivity contribution >= 4 is 44.4 Å². The van der Waals surface area contributed by atoms with Crippen LogP contribution in [0.15, 0.2) is 27.4 Å². The highest BCUT2D eigenvalue weighted by Crippen LogP contribution is 2.36. The van der Waals surface area contributed by atoms with E-state index < -0.39 is 33.5 Å². The van der Waals surface area contributed by atoms with E-state index >= 15 is 4.39 Å². The number of benzene rings is 2. The van der Waals surface area contributed by atoms with E-state index in [0.29, 0.717) is 50.1 Å². The number of piperazine rings is 1. The van der Waals surface area contributed by atoms with E-state index in [1.165, 1.54) is 22.3 Å². The van der Waals surface area contributed by atoms with Gasteiger partial charge in [0.25, 0.3) is 11.8 Å². The number of ether oxygens (including phenoxy) is 1. The molecule has 6 rings (SSSR count). The summed E-state index contributed by atoms with van der Waals surface area (Å²) >= 11 is 0. The van der Waals surface area contributed by atoms with E-state index in [0.717, 1.165) is 53.5 Å². The molecule has 2 aromatic carbocycles. The van der Waals surface area contributed by atoms with Gasteiger partial charge in [-0.3, -0.25) is 14.5 Å². The molecule has 2 saturated heterocycles. The number of methoxy groups -OCH3 is 1. The third-order valence-corrected chi connectivity index (χ3v) is 11.5. The van der Waals surface area contributed by atoms with Crippen molar-refractivity contribution in [3.8, 4) is 0 Å². The van der Waals surface area contributed by atoms with Crippen LogP contribution >= 0.6 is 0 Å². The topological polar surface area (TPSA) is 145 Å². The maximum atomic E-state index is 15.5. The lowest BCUT2D eigenvalue weighted by Gasteiger charge is -2.41. The standard InChI is InChI=1S/C34H43FN6O7S/c1-20-14-29(39-13-12-38(4)22(17-39)19-47-5)21(2)31-30(20)23-8-11-40(18-26(23)34(44)48-31)33(43)24-16-28(36-3)25(15-27(24)35)32(42)37-49(45,46)41-9-6-7-10-41/h14-16,22,36H,6-13,17-19H2,1-5H3,(H,37,42)/t22-/m1/s1. The van der Waals surface area contributed by atoms with Gasteiger partial charge in [0.05, 0.1) is 35.9 Å². The largest absolute Gasteiger partial charge is 0.422 e. The highest BCUT2D eigenvalue weighted by molar-refractivity contribution is 7.87. The van der Waals surface area contributed by atoms with Crippen molar-refractivity contribution in [2.75, 3.05) is 77.3 Å². The van der Waals surface area contributed by atoms with Crippen LogP contribution in [0.5, 0.6) is 0 Å². The van der Waals surface area contributed by atoms with Crippen molar-refractivity contribution < 1.29 is 31.6 Å². The summed E-state index contributed by atoms with van der Waals surface area (Å²) in [6.45, 7) is 7.78. The summed E-state index contributed by atoms with van der Waals surface area (Å²) in [7, 11) is 1.18. The number of carbonyl (C=O) groups excluding carboxylic acids is 2. The number of anilines is 2. The van der Waals surface area contributed by atoms with Crippen molar-refractivity contribution in [1.82, 2.24) is 18.8 Å². The van der Waals surface area contributed by atoms with Gasteiger partial charge in [0, 0.05) is 75.8 Å². The fraction of sp³-hybridized carbons (Fsp3) is 0.500. The summed E-state index contributed by atoms with van der Waals surface area (Å²) in [6, 6.07) is 4.41. The average Bonchev–Trinajstić information content (AvgIpc) is 3.63. The number of hydrogen-bond acceptors (Lipinski definition) is 10. The van der Waals surface area contributed by atoms with Crippen LogP contribution in [0.4, 0.5) is 15.8 Å². The Morgan fingerprint density at radius 3 is 2.47 bits per heavy atom. The molecule has 0 unspecified atom stereocenters. The summed E-state index contributed by atoms with van der Waals surface area (Å²) in [6.07, 6.45) is 1.74. The van der Waals surface area contributed by atoms with Crippen LogP contribution in [0, 0.1) is 19.7 Å². The molecule has 3 aliphatic rings. The molecule has 264 valence electrons. The van der Waals surface area contributed by atoms with Crippen molar-refractivity contribution in [3.63, 3.8) is 0 Å². The first-order valence-electron chi connectivity index (χ1n) is 16.5.